The van der Waals surface area contributed by atoms with Crippen LogP contribution >= 0.6 is 0 Å². The summed E-state index contributed by atoms with van der Waals surface area (Å²) in [6.07, 6.45) is 5.57. The standard InChI is InChI=1S/C9H11FO/c1-3-9(6-7-11)5-4-8(2)10/h4-7H,2-3H2,1H3/b5-4-,9-6+. The summed E-state index contributed by atoms with van der Waals surface area (Å²) in [6, 6.07) is 0. The molecule has 11 heavy (non-hydrogen) atoms. The van der Waals surface area contributed by atoms with Gasteiger partial charge >= 0.3 is 0 Å². The predicted molar refractivity (Wildman–Crippen MR) is 43.8 cm³/mol. The minimum absolute atomic E-state index is 0.504. The first-order chi connectivity index (χ1) is 5.20. The van der Waals surface area contributed by atoms with Crippen LogP contribution in [0.3, 0.4) is 0 Å². The second-order valence-corrected chi connectivity index (χ2v) is 2.01. The summed E-state index contributed by atoms with van der Waals surface area (Å²) in [6.45, 7) is 4.94. The van der Waals surface area contributed by atoms with Crippen molar-refractivity contribution in [3.63, 3.8) is 0 Å². The van der Waals surface area contributed by atoms with Crippen molar-refractivity contribution in [1.29, 1.82) is 0 Å². The lowest BCUT2D eigenvalue weighted by molar-refractivity contribution is -0.104. The number of carbonyl (C=O) groups is 1. The van der Waals surface area contributed by atoms with Crippen molar-refractivity contribution in [3.05, 3.63) is 36.2 Å². The van der Waals surface area contributed by atoms with E-state index in [1.54, 1.807) is 0 Å². The number of carbonyl (C=O) groups excluding carboxylic acids is 1. The van der Waals surface area contributed by atoms with Crippen molar-refractivity contribution >= 4 is 6.29 Å². The molecule has 0 fully saturated rings. The Labute approximate surface area is 65.9 Å². The zero-order valence-corrected chi connectivity index (χ0v) is 6.51. The van der Waals surface area contributed by atoms with Gasteiger partial charge in [-0.3, -0.25) is 4.79 Å². The Balaban J connectivity index is 4.18. The highest BCUT2D eigenvalue weighted by Gasteiger charge is 1.86. The minimum Gasteiger partial charge on any atom is -0.299 e. The number of hydrogen-bond donors (Lipinski definition) is 0. The van der Waals surface area contributed by atoms with Crippen LogP contribution in [0.4, 0.5) is 4.39 Å². The molecule has 0 N–H and O–H groups in total. The van der Waals surface area contributed by atoms with Gasteiger partial charge in [-0.2, -0.15) is 0 Å². The zero-order chi connectivity index (χ0) is 8.69. The van der Waals surface area contributed by atoms with Crippen molar-refractivity contribution < 1.29 is 9.18 Å². The third kappa shape index (κ3) is 5.27. The fourth-order valence-electron chi connectivity index (χ4n) is 0.576. The molecule has 0 aliphatic carbocycles. The largest absolute Gasteiger partial charge is 0.299 e. The van der Waals surface area contributed by atoms with Crippen LogP contribution in [0.25, 0.3) is 0 Å². The average Bonchev–Trinajstić information content (AvgIpc) is 1.97. The maximum Gasteiger partial charge on any atom is 0.143 e. The summed E-state index contributed by atoms with van der Waals surface area (Å²) in [5.74, 6) is -0.504. The van der Waals surface area contributed by atoms with E-state index in [0.717, 1.165) is 5.57 Å². The molecule has 0 atom stereocenters. The van der Waals surface area contributed by atoms with Crippen LogP contribution in [0.15, 0.2) is 36.2 Å². The number of hydrogen-bond acceptors (Lipinski definition) is 1. The first kappa shape index (κ1) is 9.82. The zero-order valence-electron chi connectivity index (χ0n) is 6.51. The van der Waals surface area contributed by atoms with Crippen LogP contribution in [-0.2, 0) is 4.79 Å². The van der Waals surface area contributed by atoms with Crippen molar-refractivity contribution in [1.82, 2.24) is 0 Å². The highest BCUT2D eigenvalue weighted by molar-refractivity contribution is 5.67. The molecule has 0 amide bonds. The van der Waals surface area contributed by atoms with E-state index in [0.29, 0.717) is 12.7 Å². The van der Waals surface area contributed by atoms with E-state index in [4.69, 9.17) is 0 Å². The maximum atomic E-state index is 12.0. The summed E-state index contributed by atoms with van der Waals surface area (Å²) in [5.41, 5.74) is 0.791. The first-order valence-corrected chi connectivity index (χ1v) is 3.37. The van der Waals surface area contributed by atoms with Crippen molar-refractivity contribution in [2.24, 2.45) is 0 Å². The van der Waals surface area contributed by atoms with Crippen molar-refractivity contribution in [3.8, 4) is 0 Å². The van der Waals surface area contributed by atoms with E-state index in [-0.39, 0.29) is 0 Å². The molecule has 0 saturated heterocycles. The second-order valence-electron chi connectivity index (χ2n) is 2.01. The Morgan fingerprint density at radius 3 is 2.55 bits per heavy atom. The molecule has 0 aromatic heterocycles. The van der Waals surface area contributed by atoms with Crippen LogP contribution in [0.2, 0.25) is 0 Å². The van der Waals surface area contributed by atoms with E-state index in [1.807, 2.05) is 6.92 Å². The van der Waals surface area contributed by atoms with Gasteiger partial charge in [0.05, 0.1) is 0 Å². The SMILES string of the molecule is C=C(F)/C=C\C(=C\C=O)CC. The molecule has 0 unspecified atom stereocenters. The summed E-state index contributed by atoms with van der Waals surface area (Å²) in [5, 5.41) is 0. The Bertz CT molecular complexity index is 202. The molecule has 0 bridgehead atoms. The van der Waals surface area contributed by atoms with Crippen LogP contribution in [-0.4, -0.2) is 6.29 Å². The van der Waals surface area contributed by atoms with E-state index < -0.39 is 5.83 Å². The van der Waals surface area contributed by atoms with Crippen LogP contribution in [0, 0.1) is 0 Å². The van der Waals surface area contributed by atoms with Gasteiger partial charge < -0.3 is 0 Å². The highest BCUT2D eigenvalue weighted by atomic mass is 19.1. The number of halogens is 1. The Morgan fingerprint density at radius 2 is 2.18 bits per heavy atom. The summed E-state index contributed by atoms with van der Waals surface area (Å²) < 4.78 is 12.0. The fourth-order valence-corrected chi connectivity index (χ4v) is 0.576. The van der Waals surface area contributed by atoms with E-state index in [2.05, 4.69) is 6.58 Å². The highest BCUT2D eigenvalue weighted by Crippen LogP contribution is 2.03. The number of aldehydes is 1. The topological polar surface area (TPSA) is 17.1 Å². The van der Waals surface area contributed by atoms with E-state index >= 15 is 0 Å². The maximum absolute atomic E-state index is 12.0. The smallest absolute Gasteiger partial charge is 0.143 e. The van der Waals surface area contributed by atoms with E-state index in [1.165, 1.54) is 18.2 Å². The second kappa shape index (κ2) is 5.59. The first-order valence-electron chi connectivity index (χ1n) is 3.37. The molecule has 0 aromatic carbocycles. The Kier molecular flexibility index (Phi) is 4.99. The summed E-state index contributed by atoms with van der Waals surface area (Å²) >= 11 is 0. The third-order valence-corrected chi connectivity index (χ3v) is 1.17. The lowest BCUT2D eigenvalue weighted by Gasteiger charge is -1.91. The molecular formula is C9H11FO. The normalized spacial score (nSPS) is 12.0. The summed E-state index contributed by atoms with van der Waals surface area (Å²) in [4.78, 5) is 9.99. The molecule has 0 aliphatic heterocycles. The van der Waals surface area contributed by atoms with Crippen LogP contribution in [0.5, 0.6) is 0 Å². The summed E-state index contributed by atoms with van der Waals surface area (Å²) in [7, 11) is 0. The number of rotatable bonds is 4. The quantitative estimate of drug-likeness (QED) is 0.345. The fraction of sp³-hybridized carbons (Fsp3) is 0.222. The van der Waals surface area contributed by atoms with Gasteiger partial charge in [0.2, 0.25) is 0 Å². The van der Waals surface area contributed by atoms with Gasteiger partial charge in [0, 0.05) is 0 Å². The Hall–Kier alpha value is -1.18. The molecule has 0 aliphatic rings. The molecule has 0 saturated carbocycles. The third-order valence-electron chi connectivity index (χ3n) is 1.17. The van der Waals surface area contributed by atoms with Crippen molar-refractivity contribution in [2.75, 3.05) is 0 Å². The van der Waals surface area contributed by atoms with Gasteiger partial charge in [-0.25, -0.2) is 4.39 Å². The van der Waals surface area contributed by atoms with Gasteiger partial charge in [-0.15, -0.1) is 0 Å². The lowest BCUT2D eigenvalue weighted by atomic mass is 10.2. The van der Waals surface area contributed by atoms with Crippen LogP contribution in [0.1, 0.15) is 13.3 Å². The Morgan fingerprint density at radius 1 is 1.55 bits per heavy atom. The van der Waals surface area contributed by atoms with Gasteiger partial charge in [0.1, 0.15) is 12.1 Å². The molecule has 1 nitrogen and oxygen atoms in total. The minimum atomic E-state index is -0.504. The predicted octanol–water partition coefficient (Wildman–Crippen LogP) is 2.56. The lowest BCUT2D eigenvalue weighted by Crippen LogP contribution is -1.75. The van der Waals surface area contributed by atoms with Crippen LogP contribution < -0.4 is 0 Å². The van der Waals surface area contributed by atoms with Gasteiger partial charge in [-0.05, 0) is 24.1 Å². The molecule has 0 aromatic rings. The van der Waals surface area contributed by atoms with E-state index in [9.17, 15) is 9.18 Å². The average molecular weight is 154 g/mol. The van der Waals surface area contributed by atoms with Gasteiger partial charge in [-0.1, -0.05) is 19.6 Å². The van der Waals surface area contributed by atoms with Gasteiger partial charge in [0.15, 0.2) is 0 Å². The molecule has 0 spiro atoms. The van der Waals surface area contributed by atoms with Crippen molar-refractivity contribution in [2.45, 2.75) is 13.3 Å². The molecular weight excluding hydrogens is 143 g/mol. The molecule has 0 heterocycles. The van der Waals surface area contributed by atoms with Gasteiger partial charge in [0.25, 0.3) is 0 Å². The molecule has 2 heteroatoms. The molecule has 0 radical (unpaired) electrons. The number of allylic oxidation sites excluding steroid dienone is 5. The molecule has 60 valence electrons. The molecule has 0 rings (SSSR count). The monoisotopic (exact) mass is 154 g/mol.